The number of hydrogen-bond donors (Lipinski definition) is 2. The lowest BCUT2D eigenvalue weighted by Gasteiger charge is -2.05. The Labute approximate surface area is 101 Å². The Kier molecular flexibility index (Phi) is 3.24. The molecule has 0 aliphatic rings. The summed E-state index contributed by atoms with van der Waals surface area (Å²) in [5, 5.41) is 24.9. The number of rotatable bonds is 4. The lowest BCUT2D eigenvalue weighted by Crippen LogP contribution is -2.01. The molecule has 0 aliphatic heterocycles. The molecule has 0 fully saturated rings. The molecule has 1 aromatic heterocycles. The minimum Gasteiger partial charge on any atom is -0.508 e. The average molecular weight is 250 g/mol. The van der Waals surface area contributed by atoms with Crippen LogP contribution in [0.15, 0.2) is 35.7 Å². The second kappa shape index (κ2) is 4.84. The standard InChI is InChI=1S/C11H10N2O3S/c14-8-3-4-10(11(6-8)13(15)16)12-7-9-2-1-5-17-9/h1-6,12,14H,7H2. The number of phenols is 1. The molecule has 0 spiro atoms. The summed E-state index contributed by atoms with van der Waals surface area (Å²) in [6.07, 6.45) is 0. The van der Waals surface area contributed by atoms with Crippen LogP contribution in [0.3, 0.4) is 0 Å². The first-order valence-corrected chi connectivity index (χ1v) is 5.78. The summed E-state index contributed by atoms with van der Waals surface area (Å²) in [7, 11) is 0. The van der Waals surface area contributed by atoms with Gasteiger partial charge in [0.05, 0.1) is 11.0 Å². The first-order chi connectivity index (χ1) is 8.16. The quantitative estimate of drug-likeness (QED) is 0.497. The highest BCUT2D eigenvalue weighted by molar-refractivity contribution is 7.09. The highest BCUT2D eigenvalue weighted by atomic mass is 32.1. The number of nitrogens with one attached hydrogen (secondary N) is 1. The molecule has 0 amide bonds. The van der Waals surface area contributed by atoms with Crippen molar-refractivity contribution in [3.05, 3.63) is 50.7 Å². The molecule has 1 aromatic carbocycles. The number of nitro groups is 1. The Morgan fingerprint density at radius 3 is 2.88 bits per heavy atom. The van der Waals surface area contributed by atoms with E-state index in [0.717, 1.165) is 10.9 Å². The van der Waals surface area contributed by atoms with Gasteiger partial charge in [-0.3, -0.25) is 10.1 Å². The van der Waals surface area contributed by atoms with Gasteiger partial charge in [-0.2, -0.15) is 0 Å². The van der Waals surface area contributed by atoms with Crippen LogP contribution in [0.1, 0.15) is 4.88 Å². The summed E-state index contributed by atoms with van der Waals surface area (Å²) in [4.78, 5) is 11.4. The van der Waals surface area contributed by atoms with Gasteiger partial charge in [-0.1, -0.05) is 6.07 Å². The normalized spacial score (nSPS) is 10.1. The molecule has 2 rings (SSSR count). The maximum absolute atomic E-state index is 10.8. The van der Waals surface area contributed by atoms with Crippen LogP contribution < -0.4 is 5.32 Å². The summed E-state index contributed by atoms with van der Waals surface area (Å²) in [6.45, 7) is 0.531. The van der Waals surface area contributed by atoms with Crippen LogP contribution in [0.25, 0.3) is 0 Å². The first kappa shape index (κ1) is 11.4. The van der Waals surface area contributed by atoms with Crippen molar-refractivity contribution in [2.24, 2.45) is 0 Å². The Morgan fingerprint density at radius 1 is 1.41 bits per heavy atom. The van der Waals surface area contributed by atoms with Gasteiger partial charge in [0.2, 0.25) is 0 Å². The van der Waals surface area contributed by atoms with Crippen molar-refractivity contribution < 1.29 is 10.0 Å². The van der Waals surface area contributed by atoms with Crippen molar-refractivity contribution in [1.29, 1.82) is 0 Å². The molecule has 88 valence electrons. The number of nitro benzene ring substituents is 1. The summed E-state index contributed by atoms with van der Waals surface area (Å²) >= 11 is 1.58. The second-order valence-electron chi connectivity index (χ2n) is 3.39. The van der Waals surface area contributed by atoms with Gasteiger partial charge in [0.15, 0.2) is 0 Å². The maximum atomic E-state index is 10.8. The number of thiophene rings is 1. The van der Waals surface area contributed by atoms with Crippen molar-refractivity contribution in [3.63, 3.8) is 0 Å². The van der Waals surface area contributed by atoms with Crippen molar-refractivity contribution in [2.75, 3.05) is 5.32 Å². The molecule has 6 heteroatoms. The zero-order chi connectivity index (χ0) is 12.3. The van der Waals surface area contributed by atoms with Crippen LogP contribution in [0.2, 0.25) is 0 Å². The minimum absolute atomic E-state index is 0.113. The molecule has 17 heavy (non-hydrogen) atoms. The van der Waals surface area contributed by atoms with Gasteiger partial charge in [0, 0.05) is 11.4 Å². The third kappa shape index (κ3) is 2.73. The van der Waals surface area contributed by atoms with Crippen LogP contribution in [-0.4, -0.2) is 10.0 Å². The molecule has 0 saturated carbocycles. The van der Waals surface area contributed by atoms with E-state index in [0.29, 0.717) is 12.2 Å². The van der Waals surface area contributed by atoms with E-state index in [1.54, 1.807) is 11.3 Å². The van der Waals surface area contributed by atoms with E-state index >= 15 is 0 Å². The lowest BCUT2D eigenvalue weighted by molar-refractivity contribution is -0.384. The number of benzene rings is 1. The third-order valence-corrected chi connectivity index (χ3v) is 3.09. The zero-order valence-electron chi connectivity index (χ0n) is 8.79. The zero-order valence-corrected chi connectivity index (χ0v) is 9.61. The lowest BCUT2D eigenvalue weighted by atomic mass is 10.2. The Bertz CT molecular complexity index is 526. The van der Waals surface area contributed by atoms with Crippen molar-refractivity contribution in [2.45, 2.75) is 6.54 Å². The van der Waals surface area contributed by atoms with Gasteiger partial charge in [0.1, 0.15) is 11.4 Å². The predicted octanol–water partition coefficient (Wildman–Crippen LogP) is 2.97. The fourth-order valence-electron chi connectivity index (χ4n) is 1.42. The van der Waals surface area contributed by atoms with Crippen molar-refractivity contribution >= 4 is 22.7 Å². The molecule has 0 bridgehead atoms. The molecule has 0 radical (unpaired) electrons. The van der Waals surface area contributed by atoms with Crippen molar-refractivity contribution in [1.82, 2.24) is 0 Å². The fraction of sp³-hybridized carbons (Fsp3) is 0.0909. The van der Waals surface area contributed by atoms with E-state index in [1.165, 1.54) is 12.1 Å². The van der Waals surface area contributed by atoms with Gasteiger partial charge in [0.25, 0.3) is 5.69 Å². The highest BCUT2D eigenvalue weighted by Gasteiger charge is 2.14. The molecule has 2 aromatic rings. The predicted molar refractivity (Wildman–Crippen MR) is 66.4 cm³/mol. The smallest absolute Gasteiger partial charge is 0.296 e. The van der Waals surface area contributed by atoms with Gasteiger partial charge in [-0.15, -0.1) is 11.3 Å². The number of anilines is 1. The van der Waals surface area contributed by atoms with E-state index in [-0.39, 0.29) is 11.4 Å². The Morgan fingerprint density at radius 2 is 2.24 bits per heavy atom. The molecule has 1 heterocycles. The van der Waals surface area contributed by atoms with E-state index in [4.69, 9.17) is 0 Å². The van der Waals surface area contributed by atoms with E-state index in [9.17, 15) is 15.2 Å². The molecular formula is C11H10N2O3S. The van der Waals surface area contributed by atoms with E-state index in [1.807, 2.05) is 17.5 Å². The molecule has 0 unspecified atom stereocenters. The molecule has 0 saturated heterocycles. The van der Waals surface area contributed by atoms with Gasteiger partial charge in [-0.05, 0) is 23.6 Å². The number of hydrogen-bond acceptors (Lipinski definition) is 5. The van der Waals surface area contributed by atoms with Gasteiger partial charge >= 0.3 is 0 Å². The van der Waals surface area contributed by atoms with Crippen LogP contribution in [-0.2, 0) is 6.54 Å². The number of nitrogens with zero attached hydrogens (tertiary/aromatic N) is 1. The van der Waals surface area contributed by atoms with E-state index < -0.39 is 4.92 Å². The first-order valence-electron chi connectivity index (χ1n) is 4.90. The van der Waals surface area contributed by atoms with Crippen LogP contribution >= 0.6 is 11.3 Å². The minimum atomic E-state index is -0.517. The van der Waals surface area contributed by atoms with Gasteiger partial charge < -0.3 is 10.4 Å². The average Bonchev–Trinajstić information content (AvgIpc) is 2.80. The Balaban J connectivity index is 2.17. The summed E-state index contributed by atoms with van der Waals surface area (Å²) in [5.41, 5.74) is 0.280. The second-order valence-corrected chi connectivity index (χ2v) is 4.42. The SMILES string of the molecule is O=[N+]([O-])c1cc(O)ccc1NCc1cccs1. The van der Waals surface area contributed by atoms with Gasteiger partial charge in [-0.25, -0.2) is 0 Å². The fourth-order valence-corrected chi connectivity index (χ4v) is 2.06. The summed E-state index contributed by atoms with van der Waals surface area (Å²) in [6, 6.07) is 7.93. The van der Waals surface area contributed by atoms with E-state index in [2.05, 4.69) is 5.32 Å². The summed E-state index contributed by atoms with van der Waals surface area (Å²) < 4.78 is 0. The molecule has 5 nitrogen and oxygen atoms in total. The Hall–Kier alpha value is -2.08. The molecule has 0 aliphatic carbocycles. The topological polar surface area (TPSA) is 75.4 Å². The van der Waals surface area contributed by atoms with Crippen LogP contribution in [0, 0.1) is 10.1 Å². The largest absolute Gasteiger partial charge is 0.508 e. The molecule has 0 atom stereocenters. The molecule has 2 N–H and O–H groups in total. The molecular weight excluding hydrogens is 240 g/mol. The van der Waals surface area contributed by atoms with Crippen molar-refractivity contribution in [3.8, 4) is 5.75 Å². The number of phenolic OH excluding ortho intramolecular Hbond substituents is 1. The monoisotopic (exact) mass is 250 g/mol. The van der Waals surface area contributed by atoms with Crippen LogP contribution in [0.5, 0.6) is 5.75 Å². The number of aromatic hydroxyl groups is 1. The third-order valence-electron chi connectivity index (χ3n) is 2.21. The summed E-state index contributed by atoms with van der Waals surface area (Å²) in [5.74, 6) is -0.113. The van der Waals surface area contributed by atoms with Crippen LogP contribution in [0.4, 0.5) is 11.4 Å². The maximum Gasteiger partial charge on any atom is 0.296 e. The highest BCUT2D eigenvalue weighted by Crippen LogP contribution is 2.28.